The molecule has 0 saturated carbocycles. The maximum absolute atomic E-state index is 5.97. The molecule has 112 valence electrons. The van der Waals surface area contributed by atoms with Crippen LogP contribution in [0.25, 0.3) is 0 Å². The quantitative estimate of drug-likeness (QED) is 0.783. The Morgan fingerprint density at radius 1 is 1.30 bits per heavy atom. The Hall–Kier alpha value is -0.570. The largest absolute Gasteiger partial charge is 0.383 e. The summed E-state index contributed by atoms with van der Waals surface area (Å²) in [6.45, 7) is 7.85. The lowest BCUT2D eigenvalue weighted by atomic mass is 9.81. The summed E-state index contributed by atoms with van der Waals surface area (Å²) in [4.78, 5) is 2.58. The third-order valence-electron chi connectivity index (χ3n) is 4.51. The summed E-state index contributed by atoms with van der Waals surface area (Å²) >= 11 is 5.97. The first-order chi connectivity index (χ1) is 9.53. The fourth-order valence-electron chi connectivity index (χ4n) is 3.04. The number of benzene rings is 1. The van der Waals surface area contributed by atoms with Gasteiger partial charge in [0.1, 0.15) is 0 Å². The van der Waals surface area contributed by atoms with Crippen LogP contribution in [0.1, 0.15) is 38.7 Å². The van der Waals surface area contributed by atoms with E-state index in [1.807, 2.05) is 12.1 Å². The number of likely N-dealkylation sites (tertiary alicyclic amines) is 1. The van der Waals surface area contributed by atoms with Crippen molar-refractivity contribution in [2.24, 2.45) is 0 Å². The molecule has 1 atom stereocenters. The molecule has 3 heteroatoms. The summed E-state index contributed by atoms with van der Waals surface area (Å²) in [7, 11) is 1.80. The van der Waals surface area contributed by atoms with E-state index >= 15 is 0 Å². The lowest BCUT2D eigenvalue weighted by molar-refractivity contribution is 0.111. The zero-order valence-electron chi connectivity index (χ0n) is 12.9. The van der Waals surface area contributed by atoms with Gasteiger partial charge < -0.3 is 4.74 Å². The fraction of sp³-hybridized carbons (Fsp3) is 0.647. The Balaban J connectivity index is 1.93. The number of halogens is 1. The van der Waals surface area contributed by atoms with Crippen molar-refractivity contribution in [3.63, 3.8) is 0 Å². The molecule has 20 heavy (non-hydrogen) atoms. The normalized spacial score (nSPS) is 20.5. The lowest BCUT2D eigenvalue weighted by Gasteiger charge is -2.30. The van der Waals surface area contributed by atoms with Gasteiger partial charge in [0.15, 0.2) is 0 Å². The van der Waals surface area contributed by atoms with Crippen molar-refractivity contribution in [1.29, 1.82) is 0 Å². The minimum Gasteiger partial charge on any atom is -0.383 e. The number of rotatable bonds is 6. The Kier molecular flexibility index (Phi) is 5.48. The standard InChI is InChI=1S/C17H26ClNO/c1-17(2,14-6-8-15(18)9-7-14)10-12-19-11-4-5-16(19)13-20-3/h6-9,16H,4-5,10-13H2,1-3H3/t16-/m0/s1. The molecule has 0 aromatic heterocycles. The highest BCUT2D eigenvalue weighted by Gasteiger charge is 2.27. The van der Waals surface area contributed by atoms with E-state index in [4.69, 9.17) is 16.3 Å². The number of methoxy groups -OCH3 is 1. The Labute approximate surface area is 128 Å². The summed E-state index contributed by atoms with van der Waals surface area (Å²) < 4.78 is 5.33. The first-order valence-corrected chi connectivity index (χ1v) is 7.90. The van der Waals surface area contributed by atoms with Crippen LogP contribution in [-0.2, 0) is 10.2 Å². The smallest absolute Gasteiger partial charge is 0.0618 e. The van der Waals surface area contributed by atoms with Crippen LogP contribution in [0.5, 0.6) is 0 Å². The molecule has 0 amide bonds. The van der Waals surface area contributed by atoms with Crippen LogP contribution in [0.3, 0.4) is 0 Å². The van der Waals surface area contributed by atoms with E-state index in [0.717, 1.165) is 24.6 Å². The fourth-order valence-corrected chi connectivity index (χ4v) is 3.17. The molecule has 1 aromatic carbocycles. The zero-order valence-corrected chi connectivity index (χ0v) is 13.6. The van der Waals surface area contributed by atoms with Crippen molar-refractivity contribution in [3.05, 3.63) is 34.9 Å². The lowest BCUT2D eigenvalue weighted by Crippen LogP contribution is -2.36. The van der Waals surface area contributed by atoms with E-state index in [0.29, 0.717) is 6.04 Å². The van der Waals surface area contributed by atoms with Crippen LogP contribution in [0, 0.1) is 0 Å². The average Bonchev–Trinajstić information content (AvgIpc) is 2.85. The van der Waals surface area contributed by atoms with E-state index in [2.05, 4.69) is 30.9 Å². The van der Waals surface area contributed by atoms with E-state index in [1.54, 1.807) is 7.11 Å². The molecule has 1 saturated heterocycles. The second kappa shape index (κ2) is 6.93. The molecule has 0 unspecified atom stereocenters. The maximum atomic E-state index is 5.97. The predicted octanol–water partition coefficient (Wildman–Crippen LogP) is 4.12. The van der Waals surface area contributed by atoms with E-state index in [-0.39, 0.29) is 5.41 Å². The molecule has 0 radical (unpaired) electrons. The molecule has 1 aromatic rings. The number of nitrogens with zero attached hydrogens (tertiary/aromatic N) is 1. The van der Waals surface area contributed by atoms with Crippen molar-refractivity contribution in [3.8, 4) is 0 Å². The van der Waals surface area contributed by atoms with Crippen LogP contribution in [0.4, 0.5) is 0 Å². The molecule has 1 fully saturated rings. The number of hydrogen-bond donors (Lipinski definition) is 0. The first kappa shape index (κ1) is 15.8. The first-order valence-electron chi connectivity index (χ1n) is 7.52. The molecule has 1 heterocycles. The van der Waals surface area contributed by atoms with E-state index in [1.165, 1.54) is 24.9 Å². The van der Waals surface area contributed by atoms with E-state index in [9.17, 15) is 0 Å². The van der Waals surface area contributed by atoms with Crippen LogP contribution >= 0.6 is 11.6 Å². The molecule has 1 aliphatic rings. The molecular weight excluding hydrogens is 270 g/mol. The van der Waals surface area contributed by atoms with Gasteiger partial charge in [0, 0.05) is 18.2 Å². The van der Waals surface area contributed by atoms with Crippen molar-refractivity contribution >= 4 is 11.6 Å². The van der Waals surface area contributed by atoms with Crippen LogP contribution < -0.4 is 0 Å². The zero-order chi connectivity index (χ0) is 14.6. The van der Waals surface area contributed by atoms with Crippen LogP contribution in [0.15, 0.2) is 24.3 Å². The van der Waals surface area contributed by atoms with Gasteiger partial charge in [-0.3, -0.25) is 4.90 Å². The third kappa shape index (κ3) is 3.97. The summed E-state index contributed by atoms with van der Waals surface area (Å²) in [5, 5.41) is 0.809. The van der Waals surface area contributed by atoms with Crippen molar-refractivity contribution in [2.45, 2.75) is 44.6 Å². The van der Waals surface area contributed by atoms with Crippen LogP contribution in [0.2, 0.25) is 5.02 Å². The molecule has 0 spiro atoms. The minimum absolute atomic E-state index is 0.185. The summed E-state index contributed by atoms with van der Waals surface area (Å²) in [6.07, 6.45) is 3.74. The van der Waals surface area contributed by atoms with Crippen LogP contribution in [-0.4, -0.2) is 37.7 Å². The highest BCUT2D eigenvalue weighted by molar-refractivity contribution is 6.30. The SMILES string of the molecule is COC[C@@H]1CCCN1CCC(C)(C)c1ccc(Cl)cc1. The van der Waals surface area contributed by atoms with Crippen molar-refractivity contribution < 1.29 is 4.74 Å². The molecule has 1 aliphatic heterocycles. The molecule has 2 nitrogen and oxygen atoms in total. The van der Waals surface area contributed by atoms with Gasteiger partial charge in [-0.2, -0.15) is 0 Å². The highest BCUT2D eigenvalue weighted by Crippen LogP contribution is 2.29. The molecule has 0 N–H and O–H groups in total. The van der Waals surface area contributed by atoms with Gasteiger partial charge in [0.05, 0.1) is 6.61 Å². The average molecular weight is 296 g/mol. The summed E-state index contributed by atoms with van der Waals surface area (Å²) in [5.74, 6) is 0. The topological polar surface area (TPSA) is 12.5 Å². The number of hydrogen-bond acceptors (Lipinski definition) is 2. The monoisotopic (exact) mass is 295 g/mol. The van der Waals surface area contributed by atoms with E-state index < -0.39 is 0 Å². The van der Waals surface area contributed by atoms with Gasteiger partial charge >= 0.3 is 0 Å². The highest BCUT2D eigenvalue weighted by atomic mass is 35.5. The minimum atomic E-state index is 0.185. The second-order valence-corrected chi connectivity index (χ2v) is 6.86. The van der Waals surface area contributed by atoms with Gasteiger partial charge in [-0.25, -0.2) is 0 Å². The Bertz CT molecular complexity index is 416. The molecular formula is C17H26ClNO. The molecule has 2 rings (SSSR count). The van der Waals surface area contributed by atoms with Gasteiger partial charge in [-0.05, 0) is 55.5 Å². The third-order valence-corrected chi connectivity index (χ3v) is 4.76. The maximum Gasteiger partial charge on any atom is 0.0618 e. The van der Waals surface area contributed by atoms with Gasteiger partial charge in [-0.1, -0.05) is 37.6 Å². The van der Waals surface area contributed by atoms with Crippen molar-refractivity contribution in [2.75, 3.05) is 26.8 Å². The predicted molar refractivity (Wildman–Crippen MR) is 85.6 cm³/mol. The molecule has 0 bridgehead atoms. The Morgan fingerprint density at radius 2 is 2.00 bits per heavy atom. The van der Waals surface area contributed by atoms with Crippen molar-refractivity contribution in [1.82, 2.24) is 4.90 Å². The number of ether oxygens (including phenoxy) is 1. The molecule has 0 aliphatic carbocycles. The summed E-state index contributed by atoms with van der Waals surface area (Å²) in [6, 6.07) is 8.89. The van der Waals surface area contributed by atoms with Gasteiger partial charge in [0.2, 0.25) is 0 Å². The van der Waals surface area contributed by atoms with Gasteiger partial charge in [-0.15, -0.1) is 0 Å². The Morgan fingerprint density at radius 3 is 2.65 bits per heavy atom. The summed E-state index contributed by atoms with van der Waals surface area (Å²) in [5.41, 5.74) is 1.55. The second-order valence-electron chi connectivity index (χ2n) is 6.43. The van der Waals surface area contributed by atoms with Gasteiger partial charge in [0.25, 0.3) is 0 Å².